The third-order valence-corrected chi connectivity index (χ3v) is 2.99. The maximum Gasteiger partial charge on any atom is 0.303 e. The zero-order valence-corrected chi connectivity index (χ0v) is 13.1. The van der Waals surface area contributed by atoms with Crippen molar-refractivity contribution < 1.29 is 9.90 Å². The second-order valence-electron chi connectivity index (χ2n) is 5.09. The highest BCUT2D eigenvalue weighted by molar-refractivity contribution is 5.66. The highest BCUT2D eigenvalue weighted by atomic mass is 16.4. The van der Waals surface area contributed by atoms with Gasteiger partial charge in [-0.05, 0) is 13.3 Å². The number of hydrogen-bond donors (Lipinski definition) is 1. The normalized spacial score (nSPS) is 9.58. The summed E-state index contributed by atoms with van der Waals surface area (Å²) < 4.78 is 0. The van der Waals surface area contributed by atoms with Crippen molar-refractivity contribution in [2.45, 2.75) is 90.9 Å². The number of hydrogen-bond acceptors (Lipinski definition) is 1. The van der Waals surface area contributed by atoms with E-state index < -0.39 is 5.97 Å². The molecule has 0 aliphatic carbocycles. The fourth-order valence-corrected chi connectivity index (χ4v) is 1.94. The fourth-order valence-electron chi connectivity index (χ4n) is 1.94. The predicted octanol–water partition coefficient (Wildman–Crippen LogP) is 5.96. The van der Waals surface area contributed by atoms with Gasteiger partial charge in [-0.3, -0.25) is 4.79 Å². The van der Waals surface area contributed by atoms with Crippen LogP contribution in [0.4, 0.5) is 0 Å². The highest BCUT2D eigenvalue weighted by Crippen LogP contribution is 2.11. The first kappa shape index (κ1) is 20.5. The van der Waals surface area contributed by atoms with Gasteiger partial charge in [-0.1, -0.05) is 77.2 Å². The molecule has 0 aromatic carbocycles. The van der Waals surface area contributed by atoms with E-state index in [1.807, 2.05) is 6.92 Å². The lowest BCUT2D eigenvalue weighted by atomic mass is 10.1. The first-order valence-corrected chi connectivity index (χ1v) is 7.97. The van der Waals surface area contributed by atoms with E-state index in [1.165, 1.54) is 57.8 Å². The van der Waals surface area contributed by atoms with Crippen LogP contribution in [0.1, 0.15) is 90.9 Å². The Kier molecular flexibility index (Phi) is 21.1. The second kappa shape index (κ2) is 19.5. The van der Waals surface area contributed by atoms with Crippen molar-refractivity contribution in [3.05, 3.63) is 12.7 Å². The van der Waals surface area contributed by atoms with Crippen LogP contribution in [0, 0.1) is 0 Å². The minimum absolute atomic E-state index is 0.344. The Labute approximate surface area is 120 Å². The molecule has 0 fully saturated rings. The van der Waals surface area contributed by atoms with Crippen LogP contribution in [0.3, 0.4) is 0 Å². The van der Waals surface area contributed by atoms with Gasteiger partial charge < -0.3 is 5.11 Å². The van der Waals surface area contributed by atoms with Crippen LogP contribution < -0.4 is 0 Å². The van der Waals surface area contributed by atoms with Crippen molar-refractivity contribution in [3.8, 4) is 0 Å². The zero-order chi connectivity index (χ0) is 14.8. The van der Waals surface area contributed by atoms with E-state index in [1.54, 1.807) is 6.08 Å². The first-order valence-electron chi connectivity index (χ1n) is 7.97. The van der Waals surface area contributed by atoms with Crippen molar-refractivity contribution in [1.29, 1.82) is 0 Å². The molecule has 19 heavy (non-hydrogen) atoms. The minimum atomic E-state index is -0.657. The number of carboxylic acid groups (broad SMARTS) is 1. The number of unbranched alkanes of at least 4 members (excludes halogenated alkanes) is 10. The standard InChI is InChI=1S/C14H28O2.C3H6/c1-2-3-4-5-6-7-8-9-10-11-12-13-14(15)16;1-3-2/h2-13H2,1H3,(H,15,16);3H,1H2,2H3. The van der Waals surface area contributed by atoms with E-state index in [4.69, 9.17) is 5.11 Å². The lowest BCUT2D eigenvalue weighted by Crippen LogP contribution is -1.93. The van der Waals surface area contributed by atoms with Gasteiger partial charge in [0.2, 0.25) is 0 Å². The number of rotatable bonds is 12. The van der Waals surface area contributed by atoms with E-state index >= 15 is 0 Å². The van der Waals surface area contributed by atoms with Gasteiger partial charge in [0.05, 0.1) is 0 Å². The third-order valence-electron chi connectivity index (χ3n) is 2.99. The Morgan fingerprint density at radius 1 is 0.895 bits per heavy atom. The van der Waals surface area contributed by atoms with E-state index in [0.717, 1.165) is 12.8 Å². The summed E-state index contributed by atoms with van der Waals surface area (Å²) in [5.41, 5.74) is 0. The Balaban J connectivity index is 0. The molecule has 2 heteroatoms. The predicted molar refractivity (Wildman–Crippen MR) is 84.6 cm³/mol. The van der Waals surface area contributed by atoms with Gasteiger partial charge in [-0.15, -0.1) is 6.58 Å². The average Bonchev–Trinajstić information content (AvgIpc) is 2.36. The molecule has 0 spiro atoms. The molecular weight excluding hydrogens is 236 g/mol. The summed E-state index contributed by atoms with van der Waals surface area (Å²) >= 11 is 0. The van der Waals surface area contributed by atoms with Gasteiger partial charge in [0.25, 0.3) is 0 Å². The summed E-state index contributed by atoms with van der Waals surface area (Å²) in [6.45, 7) is 7.50. The van der Waals surface area contributed by atoms with Crippen LogP contribution in [-0.4, -0.2) is 11.1 Å². The molecular formula is C17H34O2. The van der Waals surface area contributed by atoms with Crippen LogP contribution in [0.2, 0.25) is 0 Å². The maximum absolute atomic E-state index is 10.3. The fraction of sp³-hybridized carbons (Fsp3) is 0.824. The van der Waals surface area contributed by atoms with Crippen LogP contribution in [0.25, 0.3) is 0 Å². The van der Waals surface area contributed by atoms with E-state index in [2.05, 4.69) is 13.5 Å². The molecule has 0 bridgehead atoms. The molecule has 114 valence electrons. The second-order valence-corrected chi connectivity index (χ2v) is 5.09. The molecule has 0 saturated heterocycles. The molecule has 0 aromatic heterocycles. The number of allylic oxidation sites excluding steroid dienone is 1. The summed E-state index contributed by atoms with van der Waals surface area (Å²) in [5, 5.41) is 8.46. The Morgan fingerprint density at radius 2 is 1.21 bits per heavy atom. The molecule has 0 aliphatic rings. The molecule has 0 atom stereocenters. The van der Waals surface area contributed by atoms with Crippen molar-refractivity contribution in [1.82, 2.24) is 0 Å². The number of carbonyl (C=O) groups is 1. The van der Waals surface area contributed by atoms with E-state index in [-0.39, 0.29) is 0 Å². The molecule has 2 nitrogen and oxygen atoms in total. The van der Waals surface area contributed by atoms with Crippen molar-refractivity contribution in [2.75, 3.05) is 0 Å². The van der Waals surface area contributed by atoms with Crippen LogP contribution in [0.5, 0.6) is 0 Å². The highest BCUT2D eigenvalue weighted by Gasteiger charge is 1.96. The molecule has 0 heterocycles. The Morgan fingerprint density at radius 3 is 1.53 bits per heavy atom. The van der Waals surface area contributed by atoms with Gasteiger partial charge in [0.15, 0.2) is 0 Å². The van der Waals surface area contributed by atoms with Gasteiger partial charge in [0, 0.05) is 6.42 Å². The Hall–Kier alpha value is -0.790. The SMILES string of the molecule is C=CC.CCCCCCCCCCCCCC(=O)O. The molecule has 0 aliphatic heterocycles. The van der Waals surface area contributed by atoms with Gasteiger partial charge in [0.1, 0.15) is 0 Å². The zero-order valence-electron chi connectivity index (χ0n) is 13.1. The van der Waals surface area contributed by atoms with E-state index in [9.17, 15) is 4.79 Å². The summed E-state index contributed by atoms with van der Waals surface area (Å²) in [7, 11) is 0. The molecule has 0 radical (unpaired) electrons. The van der Waals surface area contributed by atoms with Crippen molar-refractivity contribution >= 4 is 5.97 Å². The summed E-state index contributed by atoms with van der Waals surface area (Å²) in [6.07, 6.45) is 16.1. The largest absolute Gasteiger partial charge is 0.481 e. The van der Waals surface area contributed by atoms with Crippen LogP contribution >= 0.6 is 0 Å². The summed E-state index contributed by atoms with van der Waals surface area (Å²) in [6, 6.07) is 0. The number of carboxylic acids is 1. The quantitative estimate of drug-likeness (QED) is 0.350. The lowest BCUT2D eigenvalue weighted by molar-refractivity contribution is -0.137. The minimum Gasteiger partial charge on any atom is -0.481 e. The van der Waals surface area contributed by atoms with Crippen LogP contribution in [-0.2, 0) is 4.79 Å². The van der Waals surface area contributed by atoms with Gasteiger partial charge in [-0.2, -0.15) is 0 Å². The van der Waals surface area contributed by atoms with Crippen LogP contribution in [0.15, 0.2) is 12.7 Å². The molecule has 0 amide bonds. The van der Waals surface area contributed by atoms with Crippen molar-refractivity contribution in [3.63, 3.8) is 0 Å². The van der Waals surface area contributed by atoms with Crippen molar-refractivity contribution in [2.24, 2.45) is 0 Å². The topological polar surface area (TPSA) is 37.3 Å². The lowest BCUT2D eigenvalue weighted by Gasteiger charge is -2.01. The first-order chi connectivity index (χ1) is 9.18. The molecule has 1 N–H and O–H groups in total. The molecule has 0 aromatic rings. The summed E-state index contributed by atoms with van der Waals surface area (Å²) in [4.78, 5) is 10.3. The molecule has 0 unspecified atom stereocenters. The Bertz CT molecular complexity index is 188. The molecule has 0 saturated carbocycles. The maximum atomic E-state index is 10.3. The monoisotopic (exact) mass is 270 g/mol. The smallest absolute Gasteiger partial charge is 0.303 e. The van der Waals surface area contributed by atoms with Gasteiger partial charge >= 0.3 is 5.97 Å². The third kappa shape index (κ3) is 26.7. The summed E-state index contributed by atoms with van der Waals surface area (Å²) in [5.74, 6) is -0.657. The van der Waals surface area contributed by atoms with E-state index in [0.29, 0.717) is 6.42 Å². The average molecular weight is 270 g/mol. The number of aliphatic carboxylic acids is 1. The molecule has 0 rings (SSSR count). The van der Waals surface area contributed by atoms with Gasteiger partial charge in [-0.25, -0.2) is 0 Å².